The standard InChI is InChI=1S/C15H14Cl3NO3S/c16-12-5-3-6-13(17)11(12)10-23(20,21)19-8-9-22-15-7-2-1-4-14(15)18/h1-7,19H,8-10H2. The first-order valence-corrected chi connectivity index (χ1v) is 9.45. The molecule has 0 aromatic heterocycles. The minimum Gasteiger partial charge on any atom is -0.491 e. The lowest BCUT2D eigenvalue weighted by Gasteiger charge is -2.11. The third kappa shape index (κ3) is 5.55. The van der Waals surface area contributed by atoms with E-state index in [1.54, 1.807) is 42.5 Å². The summed E-state index contributed by atoms with van der Waals surface area (Å²) in [6, 6.07) is 11.8. The van der Waals surface area contributed by atoms with Gasteiger partial charge < -0.3 is 4.74 Å². The summed E-state index contributed by atoms with van der Waals surface area (Å²) in [5.41, 5.74) is 0.371. The topological polar surface area (TPSA) is 55.4 Å². The van der Waals surface area contributed by atoms with Gasteiger partial charge in [-0.05, 0) is 24.3 Å². The van der Waals surface area contributed by atoms with E-state index in [-0.39, 0.29) is 18.9 Å². The highest BCUT2D eigenvalue weighted by atomic mass is 35.5. The molecule has 0 fully saturated rings. The SMILES string of the molecule is O=S(=O)(Cc1c(Cl)cccc1Cl)NCCOc1ccccc1Cl. The molecule has 0 aliphatic carbocycles. The van der Waals surface area contributed by atoms with Crippen molar-refractivity contribution >= 4 is 44.8 Å². The molecule has 4 nitrogen and oxygen atoms in total. The van der Waals surface area contributed by atoms with Gasteiger partial charge in [-0.2, -0.15) is 0 Å². The number of benzene rings is 2. The maximum atomic E-state index is 12.1. The number of rotatable bonds is 7. The number of ether oxygens (including phenoxy) is 1. The largest absolute Gasteiger partial charge is 0.491 e. The molecule has 2 aromatic rings. The number of nitrogens with one attached hydrogen (secondary N) is 1. The third-order valence-corrected chi connectivity index (χ3v) is 5.25. The van der Waals surface area contributed by atoms with Gasteiger partial charge in [0.2, 0.25) is 10.0 Å². The van der Waals surface area contributed by atoms with Gasteiger partial charge in [0.25, 0.3) is 0 Å². The summed E-state index contributed by atoms with van der Waals surface area (Å²) in [4.78, 5) is 0. The van der Waals surface area contributed by atoms with Crippen LogP contribution in [0.3, 0.4) is 0 Å². The summed E-state index contributed by atoms with van der Waals surface area (Å²) in [5, 5.41) is 1.10. The zero-order valence-electron chi connectivity index (χ0n) is 11.9. The number of sulfonamides is 1. The molecule has 23 heavy (non-hydrogen) atoms. The normalized spacial score (nSPS) is 11.4. The molecule has 0 spiro atoms. The molecule has 0 saturated heterocycles. The Labute approximate surface area is 150 Å². The number of halogens is 3. The Morgan fingerprint density at radius 3 is 2.17 bits per heavy atom. The first-order chi connectivity index (χ1) is 10.9. The van der Waals surface area contributed by atoms with Gasteiger partial charge in [0.05, 0.1) is 10.8 Å². The van der Waals surface area contributed by atoms with Crippen LogP contribution in [-0.4, -0.2) is 21.6 Å². The molecule has 0 saturated carbocycles. The second-order valence-corrected chi connectivity index (χ2v) is 7.66. The monoisotopic (exact) mass is 393 g/mol. The molecule has 0 radical (unpaired) electrons. The average Bonchev–Trinajstić information content (AvgIpc) is 2.49. The Morgan fingerprint density at radius 2 is 1.52 bits per heavy atom. The van der Waals surface area contributed by atoms with Crippen molar-refractivity contribution in [3.63, 3.8) is 0 Å². The van der Waals surface area contributed by atoms with Crippen molar-refractivity contribution in [3.05, 3.63) is 63.1 Å². The maximum absolute atomic E-state index is 12.1. The quantitative estimate of drug-likeness (QED) is 0.718. The van der Waals surface area contributed by atoms with Crippen LogP contribution < -0.4 is 9.46 Å². The predicted molar refractivity (Wildman–Crippen MR) is 94.0 cm³/mol. The highest BCUT2D eigenvalue weighted by Crippen LogP contribution is 2.26. The molecule has 0 aliphatic heterocycles. The minimum absolute atomic E-state index is 0.107. The zero-order valence-corrected chi connectivity index (χ0v) is 15.0. The van der Waals surface area contributed by atoms with Crippen molar-refractivity contribution in [2.24, 2.45) is 0 Å². The van der Waals surface area contributed by atoms with Crippen LogP contribution in [0.1, 0.15) is 5.56 Å². The number of hydrogen-bond donors (Lipinski definition) is 1. The second-order valence-electron chi connectivity index (χ2n) is 4.63. The van der Waals surface area contributed by atoms with E-state index in [1.807, 2.05) is 0 Å². The lowest BCUT2D eigenvalue weighted by Crippen LogP contribution is -2.29. The fourth-order valence-electron chi connectivity index (χ4n) is 1.83. The summed E-state index contributed by atoms with van der Waals surface area (Å²) in [6.45, 7) is 0.259. The van der Waals surface area contributed by atoms with E-state index in [4.69, 9.17) is 39.5 Å². The summed E-state index contributed by atoms with van der Waals surface area (Å²) in [7, 11) is -3.58. The lowest BCUT2D eigenvalue weighted by molar-refractivity contribution is 0.323. The smallest absolute Gasteiger partial charge is 0.216 e. The molecule has 1 N–H and O–H groups in total. The highest BCUT2D eigenvalue weighted by Gasteiger charge is 2.16. The van der Waals surface area contributed by atoms with Crippen LogP contribution in [0.15, 0.2) is 42.5 Å². The van der Waals surface area contributed by atoms with Crippen molar-refractivity contribution in [2.75, 3.05) is 13.2 Å². The van der Waals surface area contributed by atoms with Crippen LogP contribution in [0.2, 0.25) is 15.1 Å². The second kappa shape index (κ2) is 8.22. The summed E-state index contributed by atoms with van der Waals surface area (Å²) in [5.74, 6) is 0.208. The summed E-state index contributed by atoms with van der Waals surface area (Å²) >= 11 is 17.9. The van der Waals surface area contributed by atoms with E-state index in [1.165, 1.54) is 0 Å². The Kier molecular flexibility index (Phi) is 6.56. The van der Waals surface area contributed by atoms with Crippen LogP contribution in [-0.2, 0) is 15.8 Å². The first kappa shape index (κ1) is 18.4. The molecule has 8 heteroatoms. The molecule has 0 amide bonds. The maximum Gasteiger partial charge on any atom is 0.216 e. The van der Waals surface area contributed by atoms with E-state index >= 15 is 0 Å². The highest BCUT2D eigenvalue weighted by molar-refractivity contribution is 7.88. The molecular weight excluding hydrogens is 381 g/mol. The zero-order chi connectivity index (χ0) is 16.9. The van der Waals surface area contributed by atoms with Crippen molar-refractivity contribution in [1.82, 2.24) is 4.72 Å². The van der Waals surface area contributed by atoms with Gasteiger partial charge >= 0.3 is 0 Å². The Balaban J connectivity index is 1.88. The fraction of sp³-hybridized carbons (Fsp3) is 0.200. The molecular formula is C15H14Cl3NO3S. The molecule has 0 atom stereocenters. The van der Waals surface area contributed by atoms with Crippen LogP contribution in [0.4, 0.5) is 0 Å². The van der Waals surface area contributed by atoms with E-state index in [2.05, 4.69) is 4.72 Å². The molecule has 0 heterocycles. The molecule has 0 aliphatic rings. The fourth-order valence-corrected chi connectivity index (χ4v) is 3.90. The van der Waals surface area contributed by atoms with Crippen LogP contribution in [0.25, 0.3) is 0 Å². The molecule has 2 aromatic carbocycles. The van der Waals surface area contributed by atoms with E-state index in [9.17, 15) is 8.42 Å². The van der Waals surface area contributed by atoms with Crippen LogP contribution in [0, 0.1) is 0 Å². The van der Waals surface area contributed by atoms with Gasteiger partial charge in [-0.1, -0.05) is 53.0 Å². The van der Waals surface area contributed by atoms with Crippen LogP contribution >= 0.6 is 34.8 Å². The summed E-state index contributed by atoms with van der Waals surface area (Å²) in [6.07, 6.45) is 0. The first-order valence-electron chi connectivity index (χ1n) is 6.66. The molecule has 2 rings (SSSR count). The lowest BCUT2D eigenvalue weighted by atomic mass is 10.2. The number of hydrogen-bond acceptors (Lipinski definition) is 3. The van der Waals surface area contributed by atoms with Crippen molar-refractivity contribution in [3.8, 4) is 5.75 Å². The molecule has 0 unspecified atom stereocenters. The van der Waals surface area contributed by atoms with E-state index in [0.29, 0.717) is 26.4 Å². The van der Waals surface area contributed by atoms with Gasteiger partial charge in [0.1, 0.15) is 12.4 Å². The Morgan fingerprint density at radius 1 is 0.913 bits per heavy atom. The van der Waals surface area contributed by atoms with Crippen molar-refractivity contribution in [2.45, 2.75) is 5.75 Å². The number of para-hydroxylation sites is 1. The van der Waals surface area contributed by atoms with E-state index in [0.717, 1.165) is 0 Å². The van der Waals surface area contributed by atoms with Gasteiger partial charge in [-0.25, -0.2) is 13.1 Å². The van der Waals surface area contributed by atoms with Crippen molar-refractivity contribution < 1.29 is 13.2 Å². The van der Waals surface area contributed by atoms with Gasteiger partial charge in [-0.3, -0.25) is 0 Å². The van der Waals surface area contributed by atoms with Gasteiger partial charge in [0, 0.05) is 22.2 Å². The molecule has 124 valence electrons. The average molecular weight is 395 g/mol. The van der Waals surface area contributed by atoms with Gasteiger partial charge in [0.15, 0.2) is 0 Å². The predicted octanol–water partition coefficient (Wildman–Crippen LogP) is 4.15. The Hall–Kier alpha value is -0.980. The summed E-state index contributed by atoms with van der Waals surface area (Å²) < 4.78 is 32.0. The third-order valence-electron chi connectivity index (χ3n) is 2.91. The van der Waals surface area contributed by atoms with Gasteiger partial charge in [-0.15, -0.1) is 0 Å². The molecule has 0 bridgehead atoms. The Bertz CT molecular complexity index is 761. The van der Waals surface area contributed by atoms with Crippen molar-refractivity contribution in [1.29, 1.82) is 0 Å². The minimum atomic E-state index is -3.58. The van der Waals surface area contributed by atoms with Crippen LogP contribution in [0.5, 0.6) is 5.75 Å². The van der Waals surface area contributed by atoms with E-state index < -0.39 is 10.0 Å².